The fourth-order valence-corrected chi connectivity index (χ4v) is 2.27. The summed E-state index contributed by atoms with van der Waals surface area (Å²) < 4.78 is 12.9. The zero-order chi connectivity index (χ0) is 14.5. The van der Waals surface area contributed by atoms with Gasteiger partial charge in [0.15, 0.2) is 0 Å². The molecule has 1 saturated heterocycles. The molecule has 1 aliphatic heterocycles. The van der Waals surface area contributed by atoms with Crippen molar-refractivity contribution in [2.75, 3.05) is 32.7 Å². The predicted octanol–water partition coefficient (Wildman–Crippen LogP) is 0.881. The summed E-state index contributed by atoms with van der Waals surface area (Å²) in [7, 11) is 0. The molecule has 1 fully saturated rings. The fraction of sp³-hybridized carbons (Fsp3) is 0.429. The topological polar surface area (TPSA) is 66.6 Å². The molecule has 21 heavy (non-hydrogen) atoms. The van der Waals surface area contributed by atoms with Crippen LogP contribution in [0.5, 0.6) is 0 Å². The largest absolute Gasteiger partial charge is 0.340 e. The van der Waals surface area contributed by atoms with E-state index in [0.717, 1.165) is 6.42 Å². The third kappa shape index (κ3) is 4.41. The first-order chi connectivity index (χ1) is 9.61. The molecule has 2 N–H and O–H groups in total. The van der Waals surface area contributed by atoms with Crippen molar-refractivity contribution < 1.29 is 14.0 Å². The van der Waals surface area contributed by atoms with E-state index in [4.69, 9.17) is 5.73 Å². The molecule has 1 aliphatic rings. The minimum Gasteiger partial charge on any atom is -0.340 e. The van der Waals surface area contributed by atoms with Crippen LogP contribution in [0, 0.1) is 5.82 Å². The van der Waals surface area contributed by atoms with Gasteiger partial charge in [0.2, 0.25) is 5.91 Å². The molecule has 0 radical (unpaired) electrons. The van der Waals surface area contributed by atoms with E-state index in [1.54, 1.807) is 9.80 Å². The number of hydrogen-bond donors (Lipinski definition) is 1. The summed E-state index contributed by atoms with van der Waals surface area (Å²) in [6.45, 7) is 2.16. The van der Waals surface area contributed by atoms with Gasteiger partial charge >= 0.3 is 0 Å². The van der Waals surface area contributed by atoms with Crippen molar-refractivity contribution in [3.8, 4) is 0 Å². The third-order valence-electron chi connectivity index (χ3n) is 3.40. The zero-order valence-corrected chi connectivity index (χ0v) is 12.4. The zero-order valence-electron chi connectivity index (χ0n) is 11.6. The van der Waals surface area contributed by atoms with E-state index in [-0.39, 0.29) is 36.6 Å². The molecule has 0 saturated carbocycles. The first-order valence-corrected chi connectivity index (χ1v) is 6.64. The van der Waals surface area contributed by atoms with Crippen LogP contribution in [0.25, 0.3) is 0 Å². The van der Waals surface area contributed by atoms with Gasteiger partial charge in [-0.2, -0.15) is 0 Å². The van der Waals surface area contributed by atoms with E-state index in [0.29, 0.717) is 31.7 Å². The molecule has 0 atom stereocenters. The van der Waals surface area contributed by atoms with Crippen LogP contribution in [0.1, 0.15) is 16.8 Å². The Balaban J connectivity index is 0.00000220. The van der Waals surface area contributed by atoms with Crippen molar-refractivity contribution in [3.63, 3.8) is 0 Å². The highest BCUT2D eigenvalue weighted by Crippen LogP contribution is 2.10. The molecule has 1 aromatic carbocycles. The van der Waals surface area contributed by atoms with Gasteiger partial charge in [-0.05, 0) is 30.7 Å². The molecule has 116 valence electrons. The average molecular weight is 316 g/mol. The summed E-state index contributed by atoms with van der Waals surface area (Å²) in [4.78, 5) is 27.2. The van der Waals surface area contributed by atoms with Crippen LogP contribution in [-0.2, 0) is 4.79 Å². The van der Waals surface area contributed by atoms with Crippen LogP contribution in [0.3, 0.4) is 0 Å². The lowest BCUT2D eigenvalue weighted by atomic mass is 10.2. The van der Waals surface area contributed by atoms with E-state index in [9.17, 15) is 14.0 Å². The van der Waals surface area contributed by atoms with Crippen molar-refractivity contribution in [2.24, 2.45) is 5.73 Å². The number of rotatable bonds is 2. The average Bonchev–Trinajstić information content (AvgIpc) is 2.72. The van der Waals surface area contributed by atoms with Crippen LogP contribution in [0.15, 0.2) is 24.3 Å². The lowest BCUT2D eigenvalue weighted by molar-refractivity contribution is -0.129. The van der Waals surface area contributed by atoms with Gasteiger partial charge in [-0.1, -0.05) is 0 Å². The molecule has 0 aliphatic carbocycles. The maximum atomic E-state index is 12.9. The first-order valence-electron chi connectivity index (χ1n) is 6.64. The quantitative estimate of drug-likeness (QED) is 0.881. The lowest BCUT2D eigenvalue weighted by Gasteiger charge is -2.22. The van der Waals surface area contributed by atoms with Crippen molar-refractivity contribution in [3.05, 3.63) is 35.6 Å². The SMILES string of the molecule is Cl.NCC(=O)N1CCCN(C(=O)c2ccc(F)cc2)CC1. The van der Waals surface area contributed by atoms with Gasteiger partial charge in [0.05, 0.1) is 6.54 Å². The van der Waals surface area contributed by atoms with Gasteiger partial charge in [-0.25, -0.2) is 4.39 Å². The Morgan fingerprint density at radius 2 is 1.62 bits per heavy atom. The van der Waals surface area contributed by atoms with Crippen LogP contribution >= 0.6 is 12.4 Å². The number of hydrogen-bond acceptors (Lipinski definition) is 3. The number of amides is 2. The van der Waals surface area contributed by atoms with E-state index in [2.05, 4.69) is 0 Å². The first kappa shape index (κ1) is 17.4. The number of nitrogens with two attached hydrogens (primary N) is 1. The van der Waals surface area contributed by atoms with E-state index in [1.165, 1.54) is 24.3 Å². The van der Waals surface area contributed by atoms with Crippen LogP contribution < -0.4 is 5.73 Å². The van der Waals surface area contributed by atoms with Crippen LogP contribution in [-0.4, -0.2) is 54.3 Å². The number of nitrogens with zero attached hydrogens (tertiary/aromatic N) is 2. The van der Waals surface area contributed by atoms with Gasteiger partial charge < -0.3 is 15.5 Å². The molecule has 0 bridgehead atoms. The smallest absolute Gasteiger partial charge is 0.253 e. The second kappa shape index (κ2) is 7.95. The molecule has 0 aromatic heterocycles. The van der Waals surface area contributed by atoms with Gasteiger partial charge in [-0.3, -0.25) is 9.59 Å². The minimum absolute atomic E-state index is 0. The number of benzene rings is 1. The number of halogens is 2. The summed E-state index contributed by atoms with van der Waals surface area (Å²) >= 11 is 0. The predicted molar refractivity (Wildman–Crippen MR) is 79.8 cm³/mol. The van der Waals surface area contributed by atoms with Gasteiger partial charge in [0.25, 0.3) is 5.91 Å². The highest BCUT2D eigenvalue weighted by Gasteiger charge is 2.22. The van der Waals surface area contributed by atoms with Crippen molar-refractivity contribution in [1.29, 1.82) is 0 Å². The van der Waals surface area contributed by atoms with Gasteiger partial charge in [-0.15, -0.1) is 12.4 Å². The normalized spacial score (nSPS) is 15.1. The second-order valence-electron chi connectivity index (χ2n) is 4.74. The van der Waals surface area contributed by atoms with Crippen LogP contribution in [0.2, 0.25) is 0 Å². The third-order valence-corrected chi connectivity index (χ3v) is 3.40. The summed E-state index contributed by atoms with van der Waals surface area (Å²) in [5.74, 6) is -0.592. The standard InChI is InChI=1S/C14H18FN3O2.ClH/c15-12-4-2-11(3-5-12)14(20)18-7-1-6-17(8-9-18)13(19)10-16;/h2-5H,1,6-10,16H2;1H. The Bertz CT molecular complexity index is 495. The van der Waals surface area contributed by atoms with E-state index < -0.39 is 0 Å². The highest BCUT2D eigenvalue weighted by atomic mass is 35.5. The molecular formula is C14H19ClFN3O2. The fourth-order valence-electron chi connectivity index (χ4n) is 2.27. The molecule has 7 heteroatoms. The van der Waals surface area contributed by atoms with Crippen molar-refractivity contribution >= 4 is 24.2 Å². The lowest BCUT2D eigenvalue weighted by Crippen LogP contribution is -2.39. The second-order valence-corrected chi connectivity index (χ2v) is 4.74. The Kier molecular flexibility index (Phi) is 6.58. The van der Waals surface area contributed by atoms with Crippen molar-refractivity contribution in [2.45, 2.75) is 6.42 Å². The molecule has 5 nitrogen and oxygen atoms in total. The maximum absolute atomic E-state index is 12.9. The molecule has 0 spiro atoms. The van der Waals surface area contributed by atoms with Gasteiger partial charge in [0.1, 0.15) is 5.82 Å². The summed E-state index contributed by atoms with van der Waals surface area (Å²) in [5.41, 5.74) is 5.81. The van der Waals surface area contributed by atoms with E-state index >= 15 is 0 Å². The minimum atomic E-state index is -0.364. The van der Waals surface area contributed by atoms with Gasteiger partial charge in [0, 0.05) is 31.7 Å². The Hall–Kier alpha value is -1.66. The molecule has 1 heterocycles. The Morgan fingerprint density at radius 3 is 2.24 bits per heavy atom. The summed E-state index contributed by atoms with van der Waals surface area (Å²) in [6, 6.07) is 5.50. The molecule has 1 aromatic rings. The molecule has 0 unspecified atom stereocenters. The van der Waals surface area contributed by atoms with Crippen molar-refractivity contribution in [1.82, 2.24) is 9.80 Å². The Labute approximate surface area is 129 Å². The molecule has 2 rings (SSSR count). The number of carbonyl (C=O) groups is 2. The highest BCUT2D eigenvalue weighted by molar-refractivity contribution is 5.94. The van der Waals surface area contributed by atoms with Crippen LogP contribution in [0.4, 0.5) is 4.39 Å². The molecular weight excluding hydrogens is 297 g/mol. The molecule has 2 amide bonds. The number of carbonyl (C=O) groups excluding carboxylic acids is 2. The Morgan fingerprint density at radius 1 is 1.05 bits per heavy atom. The summed E-state index contributed by atoms with van der Waals surface area (Å²) in [6.07, 6.45) is 0.721. The maximum Gasteiger partial charge on any atom is 0.253 e. The van der Waals surface area contributed by atoms with E-state index in [1.807, 2.05) is 0 Å². The summed E-state index contributed by atoms with van der Waals surface area (Å²) in [5, 5.41) is 0. The monoisotopic (exact) mass is 315 g/mol.